The van der Waals surface area contributed by atoms with E-state index in [1.165, 1.54) is 4.80 Å². The second-order valence-electron chi connectivity index (χ2n) is 3.56. The lowest BCUT2D eigenvalue weighted by molar-refractivity contribution is 0.622. The second-order valence-corrected chi connectivity index (χ2v) is 3.99. The highest BCUT2D eigenvalue weighted by Gasteiger charge is 2.10. The summed E-state index contributed by atoms with van der Waals surface area (Å²) in [7, 11) is 1.73. The SMILES string of the molecule is Cn1nnc(CC(N)c2ccc(Cl)cc2)n1. The molecule has 2 N–H and O–H groups in total. The Kier molecular flexibility index (Phi) is 3.17. The van der Waals surface area contributed by atoms with Gasteiger partial charge in [-0.1, -0.05) is 23.7 Å². The van der Waals surface area contributed by atoms with Crippen molar-refractivity contribution in [3.63, 3.8) is 0 Å². The molecule has 0 amide bonds. The summed E-state index contributed by atoms with van der Waals surface area (Å²) in [5.74, 6) is 0.643. The van der Waals surface area contributed by atoms with Crippen LogP contribution in [-0.4, -0.2) is 20.2 Å². The number of aromatic nitrogens is 4. The van der Waals surface area contributed by atoms with Gasteiger partial charge in [0.15, 0.2) is 5.82 Å². The van der Waals surface area contributed by atoms with Crippen LogP contribution in [0.25, 0.3) is 0 Å². The fraction of sp³-hybridized carbons (Fsp3) is 0.300. The molecule has 2 rings (SSSR count). The summed E-state index contributed by atoms with van der Waals surface area (Å²) in [5.41, 5.74) is 7.04. The first kappa shape index (κ1) is 11.0. The molecule has 1 aromatic heterocycles. The van der Waals surface area contributed by atoms with Crippen molar-refractivity contribution in [3.05, 3.63) is 40.7 Å². The first-order valence-corrected chi connectivity index (χ1v) is 5.27. The van der Waals surface area contributed by atoms with Gasteiger partial charge in [-0.05, 0) is 22.9 Å². The molecule has 1 atom stereocenters. The highest BCUT2D eigenvalue weighted by molar-refractivity contribution is 6.30. The van der Waals surface area contributed by atoms with E-state index in [9.17, 15) is 0 Å². The normalized spacial score (nSPS) is 12.7. The third-order valence-corrected chi connectivity index (χ3v) is 2.50. The average Bonchev–Trinajstić information content (AvgIpc) is 2.65. The highest BCUT2D eigenvalue weighted by Crippen LogP contribution is 2.16. The summed E-state index contributed by atoms with van der Waals surface area (Å²) in [6.45, 7) is 0. The van der Waals surface area contributed by atoms with Gasteiger partial charge in [0.25, 0.3) is 0 Å². The van der Waals surface area contributed by atoms with Crippen LogP contribution >= 0.6 is 11.6 Å². The van der Waals surface area contributed by atoms with Crippen molar-refractivity contribution in [2.45, 2.75) is 12.5 Å². The molecule has 5 nitrogen and oxygen atoms in total. The lowest BCUT2D eigenvalue weighted by atomic mass is 10.0. The van der Waals surface area contributed by atoms with Crippen molar-refractivity contribution >= 4 is 11.6 Å². The number of hydrogen-bond acceptors (Lipinski definition) is 4. The molecule has 1 unspecified atom stereocenters. The van der Waals surface area contributed by atoms with Crippen LogP contribution in [-0.2, 0) is 13.5 Å². The zero-order chi connectivity index (χ0) is 11.5. The Hall–Kier alpha value is -1.46. The van der Waals surface area contributed by atoms with Crippen LogP contribution < -0.4 is 5.73 Å². The molecular formula is C10H12ClN5. The van der Waals surface area contributed by atoms with Crippen molar-refractivity contribution in [3.8, 4) is 0 Å². The molecule has 2 aromatic rings. The fourth-order valence-electron chi connectivity index (χ4n) is 1.43. The van der Waals surface area contributed by atoms with Crippen LogP contribution in [0.15, 0.2) is 24.3 Å². The van der Waals surface area contributed by atoms with E-state index < -0.39 is 0 Å². The maximum Gasteiger partial charge on any atom is 0.176 e. The summed E-state index contributed by atoms with van der Waals surface area (Å²) in [4.78, 5) is 1.42. The molecule has 0 aliphatic heterocycles. The van der Waals surface area contributed by atoms with Gasteiger partial charge in [0.2, 0.25) is 0 Å². The lowest BCUT2D eigenvalue weighted by Crippen LogP contribution is -2.14. The van der Waals surface area contributed by atoms with Crippen molar-refractivity contribution in [2.24, 2.45) is 12.8 Å². The molecule has 0 radical (unpaired) electrons. The minimum atomic E-state index is -0.138. The Labute approximate surface area is 98.2 Å². The zero-order valence-corrected chi connectivity index (χ0v) is 9.59. The number of benzene rings is 1. The molecule has 1 heterocycles. The van der Waals surface area contributed by atoms with Crippen LogP contribution in [0.5, 0.6) is 0 Å². The smallest absolute Gasteiger partial charge is 0.176 e. The Morgan fingerprint density at radius 2 is 2.06 bits per heavy atom. The van der Waals surface area contributed by atoms with Crippen molar-refractivity contribution in [2.75, 3.05) is 0 Å². The van der Waals surface area contributed by atoms with Crippen LogP contribution in [0.3, 0.4) is 0 Å². The van der Waals surface area contributed by atoms with Gasteiger partial charge in [-0.3, -0.25) is 0 Å². The van der Waals surface area contributed by atoms with Crippen molar-refractivity contribution in [1.29, 1.82) is 0 Å². The van der Waals surface area contributed by atoms with Gasteiger partial charge in [0.1, 0.15) is 0 Å². The summed E-state index contributed by atoms with van der Waals surface area (Å²) < 4.78 is 0. The average molecular weight is 238 g/mol. The molecule has 1 aromatic carbocycles. The molecule has 0 fully saturated rings. The topological polar surface area (TPSA) is 69.6 Å². The summed E-state index contributed by atoms with van der Waals surface area (Å²) in [6.07, 6.45) is 0.565. The quantitative estimate of drug-likeness (QED) is 0.868. The number of halogens is 1. The monoisotopic (exact) mass is 237 g/mol. The summed E-state index contributed by atoms with van der Waals surface area (Å²) in [6, 6.07) is 7.32. The largest absolute Gasteiger partial charge is 0.324 e. The Balaban J connectivity index is 2.08. The summed E-state index contributed by atoms with van der Waals surface area (Å²) in [5, 5.41) is 12.4. The third kappa shape index (κ3) is 2.56. The predicted octanol–water partition coefficient (Wildman–Crippen LogP) is 1.11. The first-order valence-electron chi connectivity index (χ1n) is 4.89. The molecule has 0 saturated heterocycles. The van der Waals surface area contributed by atoms with E-state index in [-0.39, 0.29) is 6.04 Å². The molecule has 0 saturated carbocycles. The molecule has 84 valence electrons. The molecule has 16 heavy (non-hydrogen) atoms. The fourth-order valence-corrected chi connectivity index (χ4v) is 1.56. The number of tetrazole rings is 1. The van der Waals surface area contributed by atoms with E-state index in [1.807, 2.05) is 24.3 Å². The van der Waals surface area contributed by atoms with E-state index in [0.717, 1.165) is 5.56 Å². The van der Waals surface area contributed by atoms with E-state index in [4.69, 9.17) is 17.3 Å². The van der Waals surface area contributed by atoms with Crippen LogP contribution in [0, 0.1) is 0 Å². The third-order valence-electron chi connectivity index (χ3n) is 2.25. The molecular weight excluding hydrogens is 226 g/mol. The number of rotatable bonds is 3. The van der Waals surface area contributed by atoms with Gasteiger partial charge in [-0.2, -0.15) is 4.80 Å². The van der Waals surface area contributed by atoms with Crippen molar-refractivity contribution in [1.82, 2.24) is 20.2 Å². The van der Waals surface area contributed by atoms with Gasteiger partial charge in [0, 0.05) is 17.5 Å². The van der Waals surface area contributed by atoms with E-state index in [1.54, 1.807) is 7.05 Å². The first-order chi connectivity index (χ1) is 7.65. The Morgan fingerprint density at radius 3 is 2.62 bits per heavy atom. The Morgan fingerprint density at radius 1 is 1.38 bits per heavy atom. The predicted molar refractivity (Wildman–Crippen MR) is 60.9 cm³/mol. The molecule has 0 aliphatic rings. The van der Waals surface area contributed by atoms with Crippen molar-refractivity contribution < 1.29 is 0 Å². The standard InChI is InChI=1S/C10H12ClN5/c1-16-14-10(13-15-16)6-9(12)7-2-4-8(11)5-3-7/h2-5,9H,6,12H2,1H3. The van der Waals surface area contributed by atoms with Gasteiger partial charge < -0.3 is 5.73 Å². The van der Waals surface area contributed by atoms with Gasteiger partial charge in [-0.15, -0.1) is 10.2 Å². The van der Waals surface area contributed by atoms with E-state index in [2.05, 4.69) is 15.4 Å². The number of nitrogens with two attached hydrogens (primary N) is 1. The number of nitrogens with zero attached hydrogens (tertiary/aromatic N) is 4. The highest BCUT2D eigenvalue weighted by atomic mass is 35.5. The lowest BCUT2D eigenvalue weighted by Gasteiger charge is -2.09. The van der Waals surface area contributed by atoms with Gasteiger partial charge in [-0.25, -0.2) is 0 Å². The molecule has 0 bridgehead atoms. The Bertz CT molecular complexity index is 464. The minimum Gasteiger partial charge on any atom is -0.324 e. The zero-order valence-electron chi connectivity index (χ0n) is 8.84. The number of hydrogen-bond donors (Lipinski definition) is 1. The second kappa shape index (κ2) is 4.59. The molecule has 0 aliphatic carbocycles. The summed E-state index contributed by atoms with van der Waals surface area (Å²) >= 11 is 5.80. The van der Waals surface area contributed by atoms with Gasteiger partial charge in [0.05, 0.1) is 7.05 Å². The van der Waals surface area contributed by atoms with Crippen LogP contribution in [0.2, 0.25) is 5.02 Å². The number of aryl methyl sites for hydroxylation is 1. The van der Waals surface area contributed by atoms with Crippen LogP contribution in [0.1, 0.15) is 17.4 Å². The minimum absolute atomic E-state index is 0.138. The molecule has 6 heteroatoms. The maximum absolute atomic E-state index is 6.03. The maximum atomic E-state index is 6.03. The van der Waals surface area contributed by atoms with Gasteiger partial charge >= 0.3 is 0 Å². The molecule has 0 spiro atoms. The van der Waals surface area contributed by atoms with Crippen LogP contribution in [0.4, 0.5) is 0 Å². The van der Waals surface area contributed by atoms with E-state index in [0.29, 0.717) is 17.3 Å². The van der Waals surface area contributed by atoms with E-state index >= 15 is 0 Å².